The van der Waals surface area contributed by atoms with Gasteiger partial charge in [0.25, 0.3) is 5.56 Å². The summed E-state index contributed by atoms with van der Waals surface area (Å²) >= 11 is 0. The molecular formula is C12H13N3O2. The Labute approximate surface area is 97.6 Å². The van der Waals surface area contributed by atoms with E-state index in [0.717, 1.165) is 17.4 Å². The number of aryl methyl sites for hydroxylation is 1. The van der Waals surface area contributed by atoms with Gasteiger partial charge in [0, 0.05) is 5.39 Å². The van der Waals surface area contributed by atoms with Gasteiger partial charge in [-0.05, 0) is 29.5 Å². The topological polar surface area (TPSA) is 88.0 Å². The van der Waals surface area contributed by atoms with Crippen LogP contribution in [0.4, 0.5) is 10.6 Å². The molecule has 2 aromatic rings. The summed E-state index contributed by atoms with van der Waals surface area (Å²) in [4.78, 5) is 25.0. The molecule has 0 aliphatic carbocycles. The number of rotatable bonds is 2. The summed E-state index contributed by atoms with van der Waals surface area (Å²) < 4.78 is 0. The minimum Gasteiger partial charge on any atom is -0.351 e. The second-order valence-electron chi connectivity index (χ2n) is 3.78. The summed E-state index contributed by atoms with van der Waals surface area (Å²) in [5, 5.41) is 3.74. The highest BCUT2D eigenvalue weighted by molar-refractivity contribution is 5.90. The van der Waals surface area contributed by atoms with Gasteiger partial charge in [0.15, 0.2) is 0 Å². The van der Waals surface area contributed by atoms with Crippen LogP contribution in [0.25, 0.3) is 10.8 Å². The van der Waals surface area contributed by atoms with Gasteiger partial charge in [-0.3, -0.25) is 10.1 Å². The fourth-order valence-electron chi connectivity index (χ4n) is 1.74. The molecule has 0 radical (unpaired) electrons. The Morgan fingerprint density at radius 1 is 1.41 bits per heavy atom. The third-order valence-electron chi connectivity index (χ3n) is 2.57. The van der Waals surface area contributed by atoms with Crippen molar-refractivity contribution in [2.45, 2.75) is 13.3 Å². The zero-order valence-electron chi connectivity index (χ0n) is 9.41. The Morgan fingerprint density at radius 3 is 2.82 bits per heavy atom. The lowest BCUT2D eigenvalue weighted by atomic mass is 10.1. The zero-order valence-corrected chi connectivity index (χ0v) is 9.41. The molecule has 0 bridgehead atoms. The molecule has 2 rings (SSSR count). The fourth-order valence-corrected chi connectivity index (χ4v) is 1.74. The van der Waals surface area contributed by atoms with E-state index in [1.807, 2.05) is 19.1 Å². The van der Waals surface area contributed by atoms with E-state index in [9.17, 15) is 9.59 Å². The van der Waals surface area contributed by atoms with Crippen LogP contribution in [-0.2, 0) is 6.42 Å². The first-order valence-electron chi connectivity index (χ1n) is 5.32. The molecule has 1 aromatic carbocycles. The van der Waals surface area contributed by atoms with Gasteiger partial charge in [-0.2, -0.15) is 0 Å². The number of nitrogens with one attached hydrogen (secondary N) is 2. The molecule has 1 aromatic heterocycles. The van der Waals surface area contributed by atoms with Crippen LogP contribution in [-0.4, -0.2) is 11.0 Å². The highest BCUT2D eigenvalue weighted by atomic mass is 16.2. The third kappa shape index (κ3) is 2.28. The minimum atomic E-state index is -0.702. The first-order chi connectivity index (χ1) is 8.10. The van der Waals surface area contributed by atoms with Crippen LogP contribution in [0.3, 0.4) is 0 Å². The first-order valence-corrected chi connectivity index (χ1v) is 5.32. The highest BCUT2D eigenvalue weighted by Gasteiger charge is 2.03. The maximum absolute atomic E-state index is 11.7. The second-order valence-corrected chi connectivity index (χ2v) is 3.78. The largest absolute Gasteiger partial charge is 0.351 e. The summed E-state index contributed by atoms with van der Waals surface area (Å²) in [7, 11) is 0. The average molecular weight is 231 g/mol. The number of benzene rings is 1. The number of amides is 2. The van der Waals surface area contributed by atoms with E-state index >= 15 is 0 Å². The number of pyridine rings is 1. The molecule has 0 unspecified atom stereocenters. The van der Waals surface area contributed by atoms with E-state index in [4.69, 9.17) is 5.73 Å². The van der Waals surface area contributed by atoms with Crippen molar-refractivity contribution in [3.63, 3.8) is 0 Å². The van der Waals surface area contributed by atoms with Gasteiger partial charge in [-0.1, -0.05) is 19.1 Å². The average Bonchev–Trinajstić information content (AvgIpc) is 2.27. The summed E-state index contributed by atoms with van der Waals surface area (Å²) in [6.07, 6.45) is 0.890. The molecule has 2 amide bonds. The number of nitrogens with two attached hydrogens (primary N) is 1. The lowest BCUT2D eigenvalue weighted by molar-refractivity contribution is 0.259. The van der Waals surface area contributed by atoms with E-state index < -0.39 is 6.03 Å². The standard InChI is InChI=1S/C12H13N3O2/c1-2-7-3-4-9-8(5-7)6-10(14-11(9)16)15-12(13)17/h3-6H,2H2,1H3,(H4,13,14,15,16,17). The number of aromatic nitrogens is 1. The molecule has 0 atom stereocenters. The Bertz CT molecular complexity index is 631. The van der Waals surface area contributed by atoms with E-state index in [1.54, 1.807) is 12.1 Å². The van der Waals surface area contributed by atoms with Crippen molar-refractivity contribution in [2.24, 2.45) is 5.73 Å². The maximum atomic E-state index is 11.7. The number of anilines is 1. The first kappa shape index (κ1) is 11.2. The van der Waals surface area contributed by atoms with E-state index in [2.05, 4.69) is 10.3 Å². The monoisotopic (exact) mass is 231 g/mol. The van der Waals surface area contributed by atoms with Gasteiger partial charge in [-0.25, -0.2) is 4.79 Å². The van der Waals surface area contributed by atoms with E-state index in [-0.39, 0.29) is 5.56 Å². The number of hydrogen-bond acceptors (Lipinski definition) is 2. The van der Waals surface area contributed by atoms with Crippen LogP contribution < -0.4 is 16.6 Å². The molecule has 1 heterocycles. The molecule has 5 heteroatoms. The third-order valence-corrected chi connectivity index (χ3v) is 2.57. The van der Waals surface area contributed by atoms with Crippen molar-refractivity contribution in [3.05, 3.63) is 40.2 Å². The molecule has 0 fully saturated rings. The quantitative estimate of drug-likeness (QED) is 0.732. The maximum Gasteiger partial charge on any atom is 0.317 e. The normalized spacial score (nSPS) is 10.4. The Hall–Kier alpha value is -2.30. The van der Waals surface area contributed by atoms with Gasteiger partial charge in [0.05, 0.1) is 0 Å². The Balaban J connectivity index is 2.61. The molecule has 5 nitrogen and oxygen atoms in total. The summed E-state index contributed by atoms with van der Waals surface area (Å²) in [6.45, 7) is 2.04. The molecular weight excluding hydrogens is 218 g/mol. The van der Waals surface area contributed by atoms with Gasteiger partial charge < -0.3 is 10.7 Å². The zero-order chi connectivity index (χ0) is 12.4. The Kier molecular flexibility index (Phi) is 2.82. The van der Waals surface area contributed by atoms with Crippen molar-refractivity contribution >= 4 is 22.6 Å². The summed E-state index contributed by atoms with van der Waals surface area (Å²) in [6, 6.07) is 6.61. The molecule has 0 aliphatic rings. The molecule has 4 N–H and O–H groups in total. The number of fused-ring (bicyclic) bond motifs is 1. The Morgan fingerprint density at radius 2 is 2.18 bits per heavy atom. The van der Waals surface area contributed by atoms with Crippen LogP contribution in [0.15, 0.2) is 29.1 Å². The fraction of sp³-hybridized carbons (Fsp3) is 0.167. The van der Waals surface area contributed by atoms with Gasteiger partial charge >= 0.3 is 6.03 Å². The molecule has 17 heavy (non-hydrogen) atoms. The molecule has 0 spiro atoms. The summed E-state index contributed by atoms with van der Waals surface area (Å²) in [5.41, 5.74) is 5.89. The van der Waals surface area contributed by atoms with Gasteiger partial charge in [-0.15, -0.1) is 0 Å². The SMILES string of the molecule is CCc1ccc2c(=O)[nH]c(NC(N)=O)cc2c1. The molecule has 0 saturated carbocycles. The van der Waals surface area contributed by atoms with Gasteiger partial charge in [0.1, 0.15) is 5.82 Å². The predicted molar refractivity (Wildman–Crippen MR) is 67.2 cm³/mol. The molecule has 88 valence electrons. The molecule has 0 aliphatic heterocycles. The number of primary amides is 1. The minimum absolute atomic E-state index is 0.242. The van der Waals surface area contributed by atoms with Crippen molar-refractivity contribution in [2.75, 3.05) is 5.32 Å². The second kappa shape index (κ2) is 4.29. The predicted octanol–water partition coefficient (Wildman–Crippen LogP) is 1.58. The van der Waals surface area contributed by atoms with Crippen molar-refractivity contribution < 1.29 is 4.79 Å². The van der Waals surface area contributed by atoms with Crippen LogP contribution in [0.2, 0.25) is 0 Å². The number of carbonyl (C=O) groups excluding carboxylic acids is 1. The van der Waals surface area contributed by atoms with Crippen LogP contribution in [0.1, 0.15) is 12.5 Å². The number of urea groups is 1. The number of carbonyl (C=O) groups is 1. The van der Waals surface area contributed by atoms with Crippen molar-refractivity contribution in [1.29, 1.82) is 0 Å². The van der Waals surface area contributed by atoms with Crippen LogP contribution >= 0.6 is 0 Å². The lowest BCUT2D eigenvalue weighted by Gasteiger charge is -2.05. The van der Waals surface area contributed by atoms with E-state index in [1.165, 1.54) is 0 Å². The van der Waals surface area contributed by atoms with Crippen molar-refractivity contribution in [3.8, 4) is 0 Å². The highest BCUT2D eigenvalue weighted by Crippen LogP contribution is 2.15. The number of hydrogen-bond donors (Lipinski definition) is 3. The number of H-pyrrole nitrogens is 1. The lowest BCUT2D eigenvalue weighted by Crippen LogP contribution is -2.22. The van der Waals surface area contributed by atoms with Crippen molar-refractivity contribution in [1.82, 2.24) is 4.98 Å². The molecule has 0 saturated heterocycles. The summed E-state index contributed by atoms with van der Waals surface area (Å²) in [5.74, 6) is 0.309. The smallest absolute Gasteiger partial charge is 0.317 e. The number of aromatic amines is 1. The van der Waals surface area contributed by atoms with E-state index in [0.29, 0.717) is 11.2 Å². The van der Waals surface area contributed by atoms with Crippen LogP contribution in [0.5, 0.6) is 0 Å². The van der Waals surface area contributed by atoms with Gasteiger partial charge in [0.2, 0.25) is 0 Å². The van der Waals surface area contributed by atoms with Crippen LogP contribution in [0, 0.1) is 0 Å².